The number of aliphatic hydroxyl groups is 1. The topological polar surface area (TPSA) is 77.8 Å². The van der Waals surface area contributed by atoms with E-state index in [1.54, 1.807) is 0 Å². The van der Waals surface area contributed by atoms with Crippen LogP contribution in [0.2, 0.25) is 0 Å². The molecule has 3 rings (SSSR count). The summed E-state index contributed by atoms with van der Waals surface area (Å²) in [5, 5.41) is 18.7. The molecule has 18 heavy (non-hydrogen) atoms. The molecule has 5 nitrogen and oxygen atoms in total. The molecule has 5 atom stereocenters. The third-order valence-electron chi connectivity index (χ3n) is 4.90. The van der Waals surface area contributed by atoms with Crippen LogP contribution in [0.3, 0.4) is 0 Å². The van der Waals surface area contributed by atoms with Gasteiger partial charge in [-0.2, -0.15) is 0 Å². The number of nitrogens with zero attached hydrogens (tertiary/aromatic N) is 1. The van der Waals surface area contributed by atoms with Crippen LogP contribution in [-0.2, 0) is 9.59 Å². The van der Waals surface area contributed by atoms with Crippen LogP contribution in [-0.4, -0.2) is 45.7 Å². The van der Waals surface area contributed by atoms with E-state index in [2.05, 4.69) is 0 Å². The molecule has 0 aromatic rings. The number of aliphatic hydroxyl groups excluding tert-OH is 1. The maximum atomic E-state index is 12.4. The minimum Gasteiger partial charge on any atom is -0.480 e. The first kappa shape index (κ1) is 12.0. The Labute approximate surface area is 106 Å². The number of carboxylic acids is 1. The quantitative estimate of drug-likeness (QED) is 0.750. The van der Waals surface area contributed by atoms with Gasteiger partial charge in [-0.15, -0.1) is 0 Å². The van der Waals surface area contributed by atoms with Crippen molar-refractivity contribution < 1.29 is 19.8 Å². The van der Waals surface area contributed by atoms with Crippen molar-refractivity contribution in [2.45, 2.75) is 44.2 Å². The van der Waals surface area contributed by atoms with E-state index >= 15 is 0 Å². The molecule has 2 aliphatic carbocycles. The summed E-state index contributed by atoms with van der Waals surface area (Å²) in [7, 11) is 0. The molecule has 3 fully saturated rings. The summed E-state index contributed by atoms with van der Waals surface area (Å²) in [5.41, 5.74) is 0. The van der Waals surface area contributed by atoms with Gasteiger partial charge in [-0.3, -0.25) is 4.79 Å². The Morgan fingerprint density at radius 3 is 2.44 bits per heavy atom. The van der Waals surface area contributed by atoms with Gasteiger partial charge in [0.25, 0.3) is 0 Å². The highest BCUT2D eigenvalue weighted by Crippen LogP contribution is 2.49. The SMILES string of the molecule is O=C(O)C1CC(O)CN1C(=O)C1CC2CCC1C2. The first-order chi connectivity index (χ1) is 8.56. The van der Waals surface area contributed by atoms with Gasteiger partial charge in [-0.25, -0.2) is 4.79 Å². The van der Waals surface area contributed by atoms with Crippen molar-refractivity contribution in [3.8, 4) is 0 Å². The molecule has 1 saturated heterocycles. The van der Waals surface area contributed by atoms with Crippen LogP contribution < -0.4 is 0 Å². The number of carbonyl (C=O) groups is 2. The van der Waals surface area contributed by atoms with Gasteiger partial charge in [-0.05, 0) is 31.1 Å². The van der Waals surface area contributed by atoms with Crippen LogP contribution in [0.5, 0.6) is 0 Å². The van der Waals surface area contributed by atoms with E-state index in [-0.39, 0.29) is 24.8 Å². The Hall–Kier alpha value is -1.10. The number of aliphatic carboxylic acids is 1. The second-order valence-corrected chi connectivity index (χ2v) is 6.02. The Morgan fingerprint density at radius 2 is 1.89 bits per heavy atom. The lowest BCUT2D eigenvalue weighted by atomic mass is 9.87. The number of likely N-dealkylation sites (tertiary alicyclic amines) is 1. The van der Waals surface area contributed by atoms with Crippen molar-refractivity contribution in [3.05, 3.63) is 0 Å². The fourth-order valence-corrected chi connectivity index (χ4v) is 4.05. The first-order valence-electron chi connectivity index (χ1n) is 6.77. The maximum Gasteiger partial charge on any atom is 0.326 e. The smallest absolute Gasteiger partial charge is 0.326 e. The number of hydrogen-bond acceptors (Lipinski definition) is 3. The highest BCUT2D eigenvalue weighted by atomic mass is 16.4. The minimum atomic E-state index is -0.997. The molecule has 5 heteroatoms. The summed E-state index contributed by atoms with van der Waals surface area (Å²) >= 11 is 0. The lowest BCUT2D eigenvalue weighted by Crippen LogP contribution is -2.44. The molecule has 0 radical (unpaired) electrons. The molecule has 0 aromatic carbocycles. The van der Waals surface area contributed by atoms with Crippen molar-refractivity contribution in [1.29, 1.82) is 0 Å². The van der Waals surface area contributed by atoms with Gasteiger partial charge >= 0.3 is 5.97 Å². The van der Waals surface area contributed by atoms with Gasteiger partial charge in [0.1, 0.15) is 6.04 Å². The molecular weight excluding hydrogens is 234 g/mol. The van der Waals surface area contributed by atoms with Crippen LogP contribution in [0.1, 0.15) is 32.1 Å². The predicted molar refractivity (Wildman–Crippen MR) is 62.7 cm³/mol. The maximum absolute atomic E-state index is 12.4. The van der Waals surface area contributed by atoms with Crippen LogP contribution in [0.4, 0.5) is 0 Å². The lowest BCUT2D eigenvalue weighted by molar-refractivity contribution is -0.150. The Balaban J connectivity index is 1.73. The Kier molecular flexibility index (Phi) is 2.81. The van der Waals surface area contributed by atoms with E-state index in [0.29, 0.717) is 11.8 Å². The number of fused-ring (bicyclic) bond motifs is 2. The second-order valence-electron chi connectivity index (χ2n) is 6.02. The van der Waals surface area contributed by atoms with Crippen LogP contribution in [0.15, 0.2) is 0 Å². The summed E-state index contributed by atoms with van der Waals surface area (Å²) < 4.78 is 0. The molecule has 1 amide bonds. The highest BCUT2D eigenvalue weighted by Gasteiger charge is 2.48. The molecule has 2 bridgehead atoms. The third-order valence-corrected chi connectivity index (χ3v) is 4.90. The van der Waals surface area contributed by atoms with Crippen molar-refractivity contribution in [1.82, 2.24) is 4.90 Å². The van der Waals surface area contributed by atoms with Gasteiger partial charge in [0.15, 0.2) is 0 Å². The molecular formula is C13H19NO4. The Morgan fingerprint density at radius 1 is 1.11 bits per heavy atom. The average molecular weight is 253 g/mol. The second kappa shape index (κ2) is 4.23. The number of rotatable bonds is 2. The van der Waals surface area contributed by atoms with Crippen molar-refractivity contribution in [3.63, 3.8) is 0 Å². The number of carboxylic acid groups (broad SMARTS) is 1. The zero-order valence-electron chi connectivity index (χ0n) is 10.3. The molecule has 0 aromatic heterocycles. The summed E-state index contributed by atoms with van der Waals surface area (Å²) in [6, 6.07) is -0.827. The van der Waals surface area contributed by atoms with Crippen LogP contribution >= 0.6 is 0 Å². The molecule has 2 N–H and O–H groups in total. The van der Waals surface area contributed by atoms with Gasteiger partial charge in [0, 0.05) is 18.9 Å². The summed E-state index contributed by atoms with van der Waals surface area (Å²) in [6.45, 7) is 0.184. The van der Waals surface area contributed by atoms with Crippen LogP contribution in [0.25, 0.3) is 0 Å². The van der Waals surface area contributed by atoms with Gasteiger partial charge < -0.3 is 15.1 Å². The van der Waals surface area contributed by atoms with E-state index in [0.717, 1.165) is 19.3 Å². The first-order valence-corrected chi connectivity index (χ1v) is 6.77. The van der Waals surface area contributed by atoms with E-state index in [1.165, 1.54) is 11.3 Å². The standard InChI is InChI=1S/C13H19NO4/c15-9-5-11(13(17)18)14(6-9)12(16)10-4-7-1-2-8(10)3-7/h7-11,15H,1-6H2,(H,17,18). The predicted octanol–water partition coefficient (Wildman–Crippen LogP) is 0.469. The van der Waals surface area contributed by atoms with Crippen molar-refractivity contribution >= 4 is 11.9 Å². The molecule has 100 valence electrons. The normalized spacial score (nSPS) is 42.5. The van der Waals surface area contributed by atoms with Gasteiger partial charge in [-0.1, -0.05) is 6.42 Å². The minimum absolute atomic E-state index is 0.0101. The van der Waals surface area contributed by atoms with E-state index < -0.39 is 18.1 Å². The zero-order chi connectivity index (χ0) is 12.9. The number of β-amino-alcohol motifs (C(OH)–C–C–N with tert-alkyl or cyclic N) is 1. The van der Waals surface area contributed by atoms with E-state index in [4.69, 9.17) is 5.11 Å². The molecule has 5 unspecified atom stereocenters. The summed E-state index contributed by atoms with van der Waals surface area (Å²) in [6.07, 6.45) is 3.86. The number of amides is 1. The molecule has 1 aliphatic heterocycles. The van der Waals surface area contributed by atoms with Crippen molar-refractivity contribution in [2.75, 3.05) is 6.54 Å². The fourth-order valence-electron chi connectivity index (χ4n) is 4.05. The van der Waals surface area contributed by atoms with Crippen molar-refractivity contribution in [2.24, 2.45) is 17.8 Å². The summed E-state index contributed by atoms with van der Waals surface area (Å²) in [5.74, 6) is 0.0968. The van der Waals surface area contributed by atoms with Gasteiger partial charge in [0.05, 0.1) is 6.10 Å². The fraction of sp³-hybridized carbons (Fsp3) is 0.846. The molecule has 0 spiro atoms. The number of hydrogen-bond donors (Lipinski definition) is 2. The van der Waals surface area contributed by atoms with Gasteiger partial charge in [0.2, 0.25) is 5.91 Å². The van der Waals surface area contributed by atoms with Crippen LogP contribution in [0, 0.1) is 17.8 Å². The average Bonchev–Trinajstić information content (AvgIpc) is 3.01. The monoisotopic (exact) mass is 253 g/mol. The molecule has 1 heterocycles. The Bertz CT molecular complexity index is 383. The lowest BCUT2D eigenvalue weighted by Gasteiger charge is -2.28. The van der Waals surface area contributed by atoms with E-state index in [1.807, 2.05) is 0 Å². The molecule has 3 aliphatic rings. The zero-order valence-corrected chi connectivity index (χ0v) is 10.3. The largest absolute Gasteiger partial charge is 0.480 e. The highest BCUT2D eigenvalue weighted by molar-refractivity contribution is 5.86. The number of carbonyl (C=O) groups excluding carboxylic acids is 1. The van der Waals surface area contributed by atoms with E-state index in [9.17, 15) is 14.7 Å². The summed E-state index contributed by atoms with van der Waals surface area (Å²) in [4.78, 5) is 25.0. The third kappa shape index (κ3) is 1.81. The molecule has 2 saturated carbocycles.